The number of aromatic nitrogens is 2. The summed E-state index contributed by atoms with van der Waals surface area (Å²) >= 11 is 1.74. The molecular formula is C13H17N3OS. The van der Waals surface area contributed by atoms with Gasteiger partial charge in [-0.2, -0.15) is 0 Å². The summed E-state index contributed by atoms with van der Waals surface area (Å²) in [6.07, 6.45) is 3.69. The van der Waals surface area contributed by atoms with Gasteiger partial charge in [0.25, 0.3) is 0 Å². The Morgan fingerprint density at radius 1 is 1.33 bits per heavy atom. The fourth-order valence-electron chi connectivity index (χ4n) is 1.82. The van der Waals surface area contributed by atoms with Crippen LogP contribution in [0.4, 0.5) is 0 Å². The van der Waals surface area contributed by atoms with Crippen molar-refractivity contribution in [2.75, 3.05) is 14.2 Å². The normalized spacial score (nSPS) is 10.9. The van der Waals surface area contributed by atoms with Crippen molar-refractivity contribution < 1.29 is 4.74 Å². The van der Waals surface area contributed by atoms with Crippen molar-refractivity contribution in [2.45, 2.75) is 20.0 Å². The minimum Gasteiger partial charge on any atom is -0.481 e. The third-order valence-corrected chi connectivity index (χ3v) is 3.48. The quantitative estimate of drug-likeness (QED) is 0.830. The Kier molecular flexibility index (Phi) is 4.28. The molecule has 0 spiro atoms. The van der Waals surface area contributed by atoms with Crippen LogP contribution in [0.2, 0.25) is 0 Å². The van der Waals surface area contributed by atoms with Crippen LogP contribution in [-0.2, 0) is 13.1 Å². The SMILES string of the molecule is COc1ncccc1CN(C)Cc1cnc(C)s1. The van der Waals surface area contributed by atoms with Gasteiger partial charge in [0.1, 0.15) is 0 Å². The van der Waals surface area contributed by atoms with Gasteiger partial charge in [0.15, 0.2) is 0 Å². The van der Waals surface area contributed by atoms with Crippen molar-refractivity contribution in [1.29, 1.82) is 0 Å². The van der Waals surface area contributed by atoms with Crippen LogP contribution in [0.1, 0.15) is 15.4 Å². The Bertz CT molecular complexity index is 512. The number of hydrogen-bond acceptors (Lipinski definition) is 5. The Labute approximate surface area is 111 Å². The van der Waals surface area contributed by atoms with Gasteiger partial charge in [-0.05, 0) is 20.0 Å². The van der Waals surface area contributed by atoms with Crippen LogP contribution in [0.3, 0.4) is 0 Å². The van der Waals surface area contributed by atoms with Gasteiger partial charge < -0.3 is 4.74 Å². The predicted octanol–water partition coefficient (Wildman–Crippen LogP) is 2.49. The Balaban J connectivity index is 2.00. The molecule has 4 nitrogen and oxygen atoms in total. The van der Waals surface area contributed by atoms with Gasteiger partial charge in [0.2, 0.25) is 5.88 Å². The molecule has 0 aliphatic heterocycles. The topological polar surface area (TPSA) is 38.2 Å². The highest BCUT2D eigenvalue weighted by atomic mass is 32.1. The van der Waals surface area contributed by atoms with Gasteiger partial charge in [-0.25, -0.2) is 9.97 Å². The highest BCUT2D eigenvalue weighted by molar-refractivity contribution is 7.11. The average Bonchev–Trinajstić information content (AvgIpc) is 2.75. The highest BCUT2D eigenvalue weighted by Crippen LogP contribution is 2.18. The summed E-state index contributed by atoms with van der Waals surface area (Å²) in [6, 6.07) is 3.97. The van der Waals surface area contributed by atoms with Crippen LogP contribution in [0, 0.1) is 6.92 Å². The van der Waals surface area contributed by atoms with Gasteiger partial charge in [-0.3, -0.25) is 4.90 Å². The molecule has 0 saturated carbocycles. The van der Waals surface area contributed by atoms with E-state index in [1.807, 2.05) is 25.3 Å². The largest absolute Gasteiger partial charge is 0.481 e. The molecule has 0 unspecified atom stereocenters. The van der Waals surface area contributed by atoms with E-state index in [2.05, 4.69) is 21.9 Å². The lowest BCUT2D eigenvalue weighted by Crippen LogP contribution is -2.17. The zero-order valence-corrected chi connectivity index (χ0v) is 11.7. The minimum atomic E-state index is 0.699. The first-order valence-electron chi connectivity index (χ1n) is 5.77. The van der Waals surface area contributed by atoms with Crippen LogP contribution < -0.4 is 4.74 Å². The number of pyridine rings is 1. The minimum absolute atomic E-state index is 0.699. The average molecular weight is 263 g/mol. The van der Waals surface area contributed by atoms with Crippen molar-refractivity contribution in [1.82, 2.24) is 14.9 Å². The molecule has 5 heteroatoms. The number of hydrogen-bond donors (Lipinski definition) is 0. The Morgan fingerprint density at radius 2 is 2.17 bits per heavy atom. The van der Waals surface area contributed by atoms with E-state index < -0.39 is 0 Å². The zero-order valence-electron chi connectivity index (χ0n) is 10.9. The molecule has 18 heavy (non-hydrogen) atoms. The van der Waals surface area contributed by atoms with Gasteiger partial charge in [-0.15, -0.1) is 11.3 Å². The second kappa shape index (κ2) is 5.93. The first-order valence-corrected chi connectivity index (χ1v) is 6.58. The molecule has 0 amide bonds. The summed E-state index contributed by atoms with van der Waals surface area (Å²) in [5.74, 6) is 0.699. The number of rotatable bonds is 5. The summed E-state index contributed by atoms with van der Waals surface area (Å²) in [5.41, 5.74) is 1.10. The maximum atomic E-state index is 5.25. The number of methoxy groups -OCH3 is 1. The van der Waals surface area contributed by atoms with Crippen molar-refractivity contribution in [2.24, 2.45) is 0 Å². The summed E-state index contributed by atoms with van der Waals surface area (Å²) in [5, 5.41) is 1.11. The lowest BCUT2D eigenvalue weighted by molar-refractivity contribution is 0.309. The monoisotopic (exact) mass is 263 g/mol. The van der Waals surface area contributed by atoms with Crippen molar-refractivity contribution in [3.63, 3.8) is 0 Å². The molecule has 2 aromatic rings. The third kappa shape index (κ3) is 3.27. The fraction of sp³-hybridized carbons (Fsp3) is 0.385. The fourth-order valence-corrected chi connectivity index (χ4v) is 2.69. The number of ether oxygens (including phenoxy) is 1. The lowest BCUT2D eigenvalue weighted by atomic mass is 10.2. The summed E-state index contributed by atoms with van der Waals surface area (Å²) in [4.78, 5) is 12.0. The van der Waals surface area contributed by atoms with Crippen molar-refractivity contribution in [3.05, 3.63) is 40.0 Å². The van der Waals surface area contributed by atoms with Gasteiger partial charge in [0.05, 0.1) is 12.1 Å². The van der Waals surface area contributed by atoms with Gasteiger partial charge in [0, 0.05) is 35.9 Å². The number of aryl methyl sites for hydroxylation is 1. The van der Waals surface area contributed by atoms with Gasteiger partial charge >= 0.3 is 0 Å². The van der Waals surface area contributed by atoms with E-state index in [1.165, 1.54) is 4.88 Å². The molecule has 0 aliphatic carbocycles. The van der Waals surface area contributed by atoms with E-state index in [0.29, 0.717) is 5.88 Å². The van der Waals surface area contributed by atoms with E-state index in [4.69, 9.17) is 4.74 Å². The highest BCUT2D eigenvalue weighted by Gasteiger charge is 2.08. The van der Waals surface area contributed by atoms with E-state index in [9.17, 15) is 0 Å². The summed E-state index contributed by atoms with van der Waals surface area (Å²) in [6.45, 7) is 3.73. The zero-order chi connectivity index (χ0) is 13.0. The van der Waals surface area contributed by atoms with E-state index >= 15 is 0 Å². The molecule has 0 fully saturated rings. The molecule has 0 atom stereocenters. The molecule has 2 heterocycles. The van der Waals surface area contributed by atoms with Crippen LogP contribution in [0.5, 0.6) is 5.88 Å². The molecule has 0 N–H and O–H groups in total. The van der Waals surface area contributed by atoms with Crippen LogP contribution in [0.15, 0.2) is 24.5 Å². The second-order valence-corrected chi connectivity index (χ2v) is 5.51. The molecule has 2 rings (SSSR count). The van der Waals surface area contributed by atoms with Gasteiger partial charge in [-0.1, -0.05) is 6.07 Å². The Hall–Kier alpha value is -1.46. The maximum Gasteiger partial charge on any atom is 0.217 e. The van der Waals surface area contributed by atoms with Crippen LogP contribution in [-0.4, -0.2) is 29.0 Å². The first-order chi connectivity index (χ1) is 8.69. The first kappa shape index (κ1) is 13.0. The Morgan fingerprint density at radius 3 is 2.83 bits per heavy atom. The smallest absolute Gasteiger partial charge is 0.217 e. The second-order valence-electron chi connectivity index (χ2n) is 4.19. The van der Waals surface area contributed by atoms with Crippen LogP contribution in [0.25, 0.3) is 0 Å². The molecule has 2 aromatic heterocycles. The molecule has 0 saturated heterocycles. The predicted molar refractivity (Wildman–Crippen MR) is 72.8 cm³/mol. The molecule has 0 aromatic carbocycles. The van der Waals surface area contributed by atoms with E-state index in [-0.39, 0.29) is 0 Å². The molecule has 0 bridgehead atoms. The lowest BCUT2D eigenvalue weighted by Gasteiger charge is -2.16. The van der Waals surface area contributed by atoms with Crippen LogP contribution >= 0.6 is 11.3 Å². The summed E-state index contributed by atoms with van der Waals surface area (Å²) in [7, 11) is 3.74. The van der Waals surface area contributed by atoms with E-state index in [1.54, 1.807) is 24.6 Å². The molecule has 0 aliphatic rings. The summed E-state index contributed by atoms with van der Waals surface area (Å²) < 4.78 is 5.25. The van der Waals surface area contributed by atoms with E-state index in [0.717, 1.165) is 23.7 Å². The standard InChI is InChI=1S/C13H17N3OS/c1-10-15-7-12(18-10)9-16(2)8-11-5-4-6-14-13(11)17-3/h4-7H,8-9H2,1-3H3. The number of nitrogens with zero attached hydrogens (tertiary/aromatic N) is 3. The third-order valence-electron chi connectivity index (χ3n) is 2.58. The van der Waals surface area contributed by atoms with Crippen molar-refractivity contribution >= 4 is 11.3 Å². The molecule has 96 valence electrons. The molecule has 0 radical (unpaired) electrons. The van der Waals surface area contributed by atoms with Crippen molar-refractivity contribution in [3.8, 4) is 5.88 Å². The molecular weight excluding hydrogens is 246 g/mol. The maximum absolute atomic E-state index is 5.25. The number of thiazole rings is 1.